The number of carbonyl (C=O) groups excluding carboxylic acids is 2. The van der Waals surface area contributed by atoms with Crippen molar-refractivity contribution in [2.24, 2.45) is 52.3 Å². The number of fused-ring (bicyclic) bond motifs is 5. The first-order chi connectivity index (χ1) is 15.6. The summed E-state index contributed by atoms with van der Waals surface area (Å²) in [4.78, 5) is 24.5. The van der Waals surface area contributed by atoms with Crippen molar-refractivity contribution in [2.45, 2.75) is 90.8 Å². The lowest BCUT2D eigenvalue weighted by Crippen LogP contribution is -2.58. The summed E-state index contributed by atoms with van der Waals surface area (Å²) in [5, 5.41) is 21.7. The number of rotatable bonds is 5. The molecule has 0 aliphatic heterocycles. The SMILES string of the molecule is COC(=O)C(C[C@@H](C)[C@H]1CC[C@H]2[C@@H]3[C@H](O)C[C@@H]4C[C@H](O)CC[C@]4(C)[C@H]3CC[C@]12C)C(=O)OC. The van der Waals surface area contributed by atoms with Gasteiger partial charge in [0.05, 0.1) is 26.4 Å². The molecule has 188 valence electrons. The van der Waals surface area contributed by atoms with E-state index in [2.05, 4.69) is 20.8 Å². The van der Waals surface area contributed by atoms with Crippen LogP contribution in [0.4, 0.5) is 0 Å². The van der Waals surface area contributed by atoms with Crippen LogP contribution in [0, 0.1) is 52.3 Å². The molecule has 0 radical (unpaired) electrons. The maximum atomic E-state index is 12.3. The van der Waals surface area contributed by atoms with Gasteiger partial charge < -0.3 is 19.7 Å². The highest BCUT2D eigenvalue weighted by Crippen LogP contribution is 2.68. The molecule has 4 saturated carbocycles. The van der Waals surface area contributed by atoms with E-state index in [4.69, 9.17) is 9.47 Å². The molecule has 10 atom stereocenters. The highest BCUT2D eigenvalue weighted by Gasteiger charge is 2.63. The molecular formula is C27H44O6. The Morgan fingerprint density at radius 1 is 0.909 bits per heavy atom. The summed E-state index contributed by atoms with van der Waals surface area (Å²) in [6.45, 7) is 7.00. The summed E-state index contributed by atoms with van der Waals surface area (Å²) in [6, 6.07) is 0. The summed E-state index contributed by atoms with van der Waals surface area (Å²) < 4.78 is 9.79. The Balaban J connectivity index is 1.54. The molecule has 6 heteroatoms. The van der Waals surface area contributed by atoms with Gasteiger partial charge in [-0.05, 0) is 104 Å². The van der Waals surface area contributed by atoms with E-state index in [0.717, 1.165) is 51.4 Å². The van der Waals surface area contributed by atoms with Crippen molar-refractivity contribution in [3.05, 3.63) is 0 Å². The molecule has 0 aromatic heterocycles. The average Bonchev–Trinajstić information content (AvgIpc) is 3.14. The molecule has 0 amide bonds. The normalized spacial score (nSPS) is 45.5. The Labute approximate surface area is 198 Å². The predicted octanol–water partition coefficient (Wildman–Crippen LogP) is 3.97. The second-order valence-electron chi connectivity index (χ2n) is 12.3. The van der Waals surface area contributed by atoms with Gasteiger partial charge in [0, 0.05) is 0 Å². The van der Waals surface area contributed by atoms with Crippen LogP contribution in [0.2, 0.25) is 0 Å². The molecule has 0 unspecified atom stereocenters. The van der Waals surface area contributed by atoms with Gasteiger partial charge in [0.25, 0.3) is 0 Å². The van der Waals surface area contributed by atoms with Gasteiger partial charge in [-0.1, -0.05) is 20.8 Å². The first kappa shape index (κ1) is 25.0. The monoisotopic (exact) mass is 464 g/mol. The highest BCUT2D eigenvalue weighted by atomic mass is 16.5. The Kier molecular flexibility index (Phi) is 6.92. The van der Waals surface area contributed by atoms with Crippen LogP contribution < -0.4 is 0 Å². The molecule has 4 aliphatic rings. The second-order valence-corrected chi connectivity index (χ2v) is 12.3. The minimum atomic E-state index is -0.873. The topological polar surface area (TPSA) is 93.1 Å². The Bertz CT molecular complexity index is 737. The fourth-order valence-corrected chi connectivity index (χ4v) is 9.28. The predicted molar refractivity (Wildman–Crippen MR) is 124 cm³/mol. The smallest absolute Gasteiger partial charge is 0.320 e. The van der Waals surface area contributed by atoms with Gasteiger partial charge in [-0.3, -0.25) is 9.59 Å². The van der Waals surface area contributed by atoms with Crippen molar-refractivity contribution in [3.63, 3.8) is 0 Å². The van der Waals surface area contributed by atoms with Crippen molar-refractivity contribution >= 4 is 11.9 Å². The molecule has 2 N–H and O–H groups in total. The molecule has 0 aromatic carbocycles. The number of methoxy groups -OCH3 is 2. The molecule has 0 spiro atoms. The average molecular weight is 465 g/mol. The van der Waals surface area contributed by atoms with Crippen molar-refractivity contribution in [1.82, 2.24) is 0 Å². The first-order valence-corrected chi connectivity index (χ1v) is 13.1. The lowest BCUT2D eigenvalue weighted by molar-refractivity contribution is -0.175. The third-order valence-electron chi connectivity index (χ3n) is 11.0. The van der Waals surface area contributed by atoms with Crippen LogP contribution in [0.1, 0.15) is 78.6 Å². The zero-order valence-corrected chi connectivity index (χ0v) is 21.1. The van der Waals surface area contributed by atoms with Crippen molar-refractivity contribution in [1.29, 1.82) is 0 Å². The maximum absolute atomic E-state index is 12.3. The molecule has 4 rings (SSSR count). The number of hydrogen-bond donors (Lipinski definition) is 2. The quantitative estimate of drug-likeness (QED) is 0.472. The van der Waals surface area contributed by atoms with Gasteiger partial charge in [0.1, 0.15) is 0 Å². The minimum Gasteiger partial charge on any atom is -0.468 e. The third kappa shape index (κ3) is 4.03. The standard InChI is InChI=1S/C27H44O6/c1-15(12-18(24(30)32-4)25(31)33-5)19-6-7-20-23-21(9-11-27(19,20)3)26(2)10-8-17(28)13-16(26)14-22(23)29/h15-23,28-29H,6-14H2,1-5H3/t15-,16+,17-,19-,20+,21+,22-,23+,26+,27-/m1/s1. The number of hydrogen-bond acceptors (Lipinski definition) is 6. The van der Waals surface area contributed by atoms with E-state index in [0.29, 0.717) is 36.0 Å². The number of aliphatic hydroxyl groups is 2. The van der Waals surface area contributed by atoms with E-state index in [-0.39, 0.29) is 29.0 Å². The van der Waals surface area contributed by atoms with Crippen LogP contribution in [0.15, 0.2) is 0 Å². The lowest BCUT2D eigenvalue weighted by atomic mass is 9.43. The van der Waals surface area contributed by atoms with Gasteiger partial charge in [-0.2, -0.15) is 0 Å². The summed E-state index contributed by atoms with van der Waals surface area (Å²) in [7, 11) is 2.64. The van der Waals surface area contributed by atoms with Crippen LogP contribution in [0.25, 0.3) is 0 Å². The van der Waals surface area contributed by atoms with Gasteiger partial charge in [-0.25, -0.2) is 0 Å². The van der Waals surface area contributed by atoms with Crippen LogP contribution >= 0.6 is 0 Å². The summed E-state index contributed by atoms with van der Waals surface area (Å²) >= 11 is 0. The fraction of sp³-hybridized carbons (Fsp3) is 0.926. The van der Waals surface area contributed by atoms with E-state index in [1.165, 1.54) is 14.2 Å². The summed E-state index contributed by atoms with van der Waals surface area (Å²) in [6.07, 6.45) is 7.97. The molecular weight excluding hydrogens is 420 g/mol. The van der Waals surface area contributed by atoms with Crippen molar-refractivity contribution in [3.8, 4) is 0 Å². The van der Waals surface area contributed by atoms with E-state index in [9.17, 15) is 19.8 Å². The van der Waals surface area contributed by atoms with Gasteiger partial charge in [0.2, 0.25) is 0 Å². The lowest BCUT2D eigenvalue weighted by Gasteiger charge is -2.62. The van der Waals surface area contributed by atoms with E-state index < -0.39 is 17.9 Å². The zero-order chi connectivity index (χ0) is 24.1. The van der Waals surface area contributed by atoms with Crippen LogP contribution in [-0.4, -0.2) is 48.6 Å². The molecule has 4 aliphatic carbocycles. The van der Waals surface area contributed by atoms with Crippen molar-refractivity contribution < 1.29 is 29.3 Å². The zero-order valence-electron chi connectivity index (χ0n) is 21.1. The second kappa shape index (κ2) is 9.14. The number of ether oxygens (including phenoxy) is 2. The van der Waals surface area contributed by atoms with E-state index >= 15 is 0 Å². The Morgan fingerprint density at radius 2 is 1.52 bits per heavy atom. The molecule has 0 heterocycles. The van der Waals surface area contributed by atoms with Crippen LogP contribution in [0.3, 0.4) is 0 Å². The first-order valence-electron chi connectivity index (χ1n) is 13.1. The Morgan fingerprint density at radius 3 is 2.15 bits per heavy atom. The summed E-state index contributed by atoms with van der Waals surface area (Å²) in [5.74, 6) is 0.411. The molecule has 6 nitrogen and oxygen atoms in total. The minimum absolute atomic E-state index is 0.107. The largest absolute Gasteiger partial charge is 0.468 e. The molecule has 0 saturated heterocycles. The van der Waals surface area contributed by atoms with Crippen LogP contribution in [-0.2, 0) is 19.1 Å². The van der Waals surface area contributed by atoms with Crippen LogP contribution in [0.5, 0.6) is 0 Å². The third-order valence-corrected chi connectivity index (χ3v) is 11.0. The molecule has 4 fully saturated rings. The molecule has 0 bridgehead atoms. The maximum Gasteiger partial charge on any atom is 0.320 e. The number of carbonyl (C=O) groups is 2. The van der Waals surface area contributed by atoms with E-state index in [1.807, 2.05) is 0 Å². The molecule has 0 aromatic rings. The summed E-state index contributed by atoms with van der Waals surface area (Å²) in [5.41, 5.74) is 0.324. The van der Waals surface area contributed by atoms with Gasteiger partial charge in [0.15, 0.2) is 5.92 Å². The van der Waals surface area contributed by atoms with Gasteiger partial charge >= 0.3 is 11.9 Å². The van der Waals surface area contributed by atoms with Crippen molar-refractivity contribution in [2.75, 3.05) is 14.2 Å². The number of esters is 2. The highest BCUT2D eigenvalue weighted by molar-refractivity contribution is 5.94. The molecule has 33 heavy (non-hydrogen) atoms. The van der Waals surface area contributed by atoms with Gasteiger partial charge in [-0.15, -0.1) is 0 Å². The van der Waals surface area contributed by atoms with E-state index in [1.54, 1.807) is 0 Å². The fourth-order valence-electron chi connectivity index (χ4n) is 9.28. The Hall–Kier alpha value is -1.14. The number of aliphatic hydroxyl groups excluding tert-OH is 2.